The number of nitrogens with zero attached hydrogens (tertiary/aromatic N) is 1. The van der Waals surface area contributed by atoms with E-state index in [9.17, 15) is 13.2 Å². The van der Waals surface area contributed by atoms with E-state index < -0.39 is 10.0 Å². The molecule has 0 bridgehead atoms. The molecule has 1 fully saturated rings. The Morgan fingerprint density at radius 2 is 1.85 bits per heavy atom. The second-order valence-corrected chi connectivity index (χ2v) is 10.8. The van der Waals surface area contributed by atoms with Crippen LogP contribution in [0, 0.1) is 0 Å². The van der Waals surface area contributed by atoms with Crippen LogP contribution < -0.4 is 14.8 Å². The molecular weight excluding hydrogens is 440 g/mol. The van der Waals surface area contributed by atoms with Crippen LogP contribution in [0.3, 0.4) is 0 Å². The number of benzene rings is 2. The lowest BCUT2D eigenvalue weighted by atomic mass is 9.96. The minimum absolute atomic E-state index is 0.0356. The van der Waals surface area contributed by atoms with Gasteiger partial charge in [0.15, 0.2) is 0 Å². The number of hydrogen-bond acceptors (Lipinski definition) is 5. The van der Waals surface area contributed by atoms with Crippen molar-refractivity contribution in [3.8, 4) is 11.5 Å². The number of amides is 1. The molecule has 1 amide bonds. The SMILES string of the molecule is CCOc1cc2c(cc1NC(=O)c1ccc(S(=O)(=O)N(C)C3CCCCC3)cc1)OC(C)C2. The molecule has 1 saturated carbocycles. The molecule has 0 spiro atoms. The van der Waals surface area contributed by atoms with Gasteiger partial charge in [0, 0.05) is 36.7 Å². The monoisotopic (exact) mass is 472 g/mol. The molecule has 1 N–H and O–H groups in total. The van der Waals surface area contributed by atoms with Crippen LogP contribution in [0.25, 0.3) is 0 Å². The van der Waals surface area contributed by atoms with Gasteiger partial charge in [0.1, 0.15) is 17.6 Å². The first-order chi connectivity index (χ1) is 15.8. The van der Waals surface area contributed by atoms with E-state index in [-0.39, 0.29) is 22.9 Å². The van der Waals surface area contributed by atoms with E-state index in [1.807, 2.05) is 19.9 Å². The topological polar surface area (TPSA) is 84.9 Å². The largest absolute Gasteiger partial charge is 0.492 e. The number of carbonyl (C=O) groups is 1. The zero-order valence-electron chi connectivity index (χ0n) is 19.5. The van der Waals surface area contributed by atoms with Crippen LogP contribution in [-0.4, -0.2) is 44.4 Å². The predicted octanol–water partition coefficient (Wildman–Crippen LogP) is 4.61. The van der Waals surface area contributed by atoms with Gasteiger partial charge in [-0.2, -0.15) is 4.31 Å². The third kappa shape index (κ3) is 5.01. The van der Waals surface area contributed by atoms with Crippen LogP contribution >= 0.6 is 0 Å². The summed E-state index contributed by atoms with van der Waals surface area (Å²) in [6, 6.07) is 9.83. The summed E-state index contributed by atoms with van der Waals surface area (Å²) in [4.78, 5) is 13.1. The highest BCUT2D eigenvalue weighted by Gasteiger charge is 2.29. The van der Waals surface area contributed by atoms with Gasteiger partial charge in [-0.15, -0.1) is 0 Å². The molecule has 1 heterocycles. The maximum atomic E-state index is 13.0. The Morgan fingerprint density at radius 1 is 1.15 bits per heavy atom. The molecule has 1 aliphatic carbocycles. The van der Waals surface area contributed by atoms with E-state index in [2.05, 4.69) is 5.32 Å². The van der Waals surface area contributed by atoms with E-state index in [0.717, 1.165) is 49.8 Å². The van der Waals surface area contributed by atoms with Gasteiger partial charge in [0.2, 0.25) is 10.0 Å². The number of rotatable bonds is 7. The van der Waals surface area contributed by atoms with Crippen LogP contribution in [0.4, 0.5) is 5.69 Å². The van der Waals surface area contributed by atoms with Crippen molar-refractivity contribution in [2.24, 2.45) is 0 Å². The molecule has 2 aromatic rings. The Labute approximate surface area is 196 Å². The van der Waals surface area contributed by atoms with Crippen molar-refractivity contribution in [2.75, 3.05) is 19.0 Å². The summed E-state index contributed by atoms with van der Waals surface area (Å²) < 4.78 is 39.1. The van der Waals surface area contributed by atoms with Crippen LogP contribution in [0.1, 0.15) is 61.9 Å². The van der Waals surface area contributed by atoms with E-state index in [4.69, 9.17) is 9.47 Å². The molecule has 4 rings (SSSR count). The smallest absolute Gasteiger partial charge is 0.255 e. The lowest BCUT2D eigenvalue weighted by Gasteiger charge is -2.30. The van der Waals surface area contributed by atoms with Crippen molar-refractivity contribution >= 4 is 21.6 Å². The molecule has 8 heteroatoms. The van der Waals surface area contributed by atoms with Gasteiger partial charge >= 0.3 is 0 Å². The van der Waals surface area contributed by atoms with Gasteiger partial charge in [-0.1, -0.05) is 19.3 Å². The minimum Gasteiger partial charge on any atom is -0.492 e. The fraction of sp³-hybridized carbons (Fsp3) is 0.480. The Kier molecular flexibility index (Phi) is 6.95. The fourth-order valence-electron chi connectivity index (χ4n) is 4.59. The summed E-state index contributed by atoms with van der Waals surface area (Å²) in [6.07, 6.45) is 5.94. The molecule has 1 unspecified atom stereocenters. The second kappa shape index (κ2) is 9.73. The van der Waals surface area contributed by atoms with Crippen LogP contribution in [0.2, 0.25) is 0 Å². The van der Waals surface area contributed by atoms with Crippen molar-refractivity contribution < 1.29 is 22.7 Å². The van der Waals surface area contributed by atoms with Gasteiger partial charge in [-0.25, -0.2) is 8.42 Å². The number of fused-ring (bicyclic) bond motifs is 1. The average Bonchev–Trinajstić information content (AvgIpc) is 3.18. The number of hydrogen-bond donors (Lipinski definition) is 1. The molecule has 2 aliphatic rings. The van der Waals surface area contributed by atoms with Crippen molar-refractivity contribution in [1.29, 1.82) is 0 Å². The zero-order valence-corrected chi connectivity index (χ0v) is 20.3. The quantitative estimate of drug-likeness (QED) is 0.636. The molecule has 0 radical (unpaired) electrons. The zero-order chi connectivity index (χ0) is 23.6. The number of carbonyl (C=O) groups excluding carboxylic acids is 1. The normalized spacial score (nSPS) is 18.6. The van der Waals surface area contributed by atoms with Gasteiger partial charge < -0.3 is 14.8 Å². The second-order valence-electron chi connectivity index (χ2n) is 8.81. The number of nitrogens with one attached hydrogen (secondary N) is 1. The summed E-state index contributed by atoms with van der Waals surface area (Å²) in [6.45, 7) is 4.36. The van der Waals surface area contributed by atoms with Gasteiger partial charge in [-0.05, 0) is 57.0 Å². The van der Waals surface area contributed by atoms with E-state index in [0.29, 0.717) is 23.6 Å². The predicted molar refractivity (Wildman–Crippen MR) is 128 cm³/mol. The Balaban J connectivity index is 1.50. The molecule has 1 aliphatic heterocycles. The van der Waals surface area contributed by atoms with Crippen LogP contribution in [0.5, 0.6) is 11.5 Å². The first-order valence-corrected chi connectivity index (χ1v) is 13.1. The van der Waals surface area contributed by atoms with Crippen molar-refractivity contribution in [1.82, 2.24) is 4.31 Å². The fourth-order valence-corrected chi connectivity index (χ4v) is 6.01. The standard InChI is InChI=1S/C25H32N2O5S/c1-4-31-24-15-19-14-17(2)32-23(19)16-22(24)26-25(28)18-10-12-21(13-11-18)33(29,30)27(3)20-8-6-5-7-9-20/h10-13,15-17,20H,4-9,14H2,1-3H3,(H,26,28). The summed E-state index contributed by atoms with van der Waals surface area (Å²) in [5, 5.41) is 2.89. The molecule has 2 aromatic carbocycles. The average molecular weight is 473 g/mol. The molecule has 0 saturated heterocycles. The third-order valence-corrected chi connectivity index (χ3v) is 8.35. The summed E-state index contributed by atoms with van der Waals surface area (Å²) in [5.74, 6) is 0.996. The molecule has 178 valence electrons. The maximum Gasteiger partial charge on any atom is 0.255 e. The van der Waals surface area contributed by atoms with E-state index in [1.165, 1.54) is 16.4 Å². The van der Waals surface area contributed by atoms with Gasteiger partial charge in [0.25, 0.3) is 5.91 Å². The number of ether oxygens (including phenoxy) is 2. The molecule has 1 atom stereocenters. The minimum atomic E-state index is -3.60. The summed E-state index contributed by atoms with van der Waals surface area (Å²) >= 11 is 0. The molecule has 33 heavy (non-hydrogen) atoms. The number of anilines is 1. The summed E-state index contributed by atoms with van der Waals surface area (Å²) in [7, 11) is -1.95. The first-order valence-electron chi connectivity index (χ1n) is 11.7. The van der Waals surface area contributed by atoms with Gasteiger partial charge in [-0.3, -0.25) is 4.79 Å². The Bertz CT molecular complexity index is 1110. The van der Waals surface area contributed by atoms with Crippen molar-refractivity contribution in [3.63, 3.8) is 0 Å². The lowest BCUT2D eigenvalue weighted by Crippen LogP contribution is -2.38. The third-order valence-electron chi connectivity index (χ3n) is 6.43. The molecule has 0 aromatic heterocycles. The summed E-state index contributed by atoms with van der Waals surface area (Å²) in [5.41, 5.74) is 1.95. The lowest BCUT2D eigenvalue weighted by molar-refractivity contribution is 0.102. The van der Waals surface area contributed by atoms with Gasteiger partial charge in [0.05, 0.1) is 17.2 Å². The Hall–Kier alpha value is -2.58. The van der Waals surface area contributed by atoms with E-state index >= 15 is 0 Å². The van der Waals surface area contributed by atoms with Crippen LogP contribution in [-0.2, 0) is 16.4 Å². The highest BCUT2D eigenvalue weighted by molar-refractivity contribution is 7.89. The van der Waals surface area contributed by atoms with Crippen LogP contribution in [0.15, 0.2) is 41.3 Å². The first kappa shape index (κ1) is 23.6. The van der Waals surface area contributed by atoms with E-state index in [1.54, 1.807) is 25.2 Å². The molecular formula is C25H32N2O5S. The highest BCUT2D eigenvalue weighted by atomic mass is 32.2. The van der Waals surface area contributed by atoms with Crippen molar-refractivity contribution in [2.45, 2.75) is 69.4 Å². The Morgan fingerprint density at radius 3 is 2.52 bits per heavy atom. The maximum absolute atomic E-state index is 13.0. The van der Waals surface area contributed by atoms with Crippen molar-refractivity contribution in [3.05, 3.63) is 47.5 Å². The highest BCUT2D eigenvalue weighted by Crippen LogP contribution is 2.38. The molecule has 7 nitrogen and oxygen atoms in total. The number of sulfonamides is 1.